The highest BCUT2D eigenvalue weighted by molar-refractivity contribution is 5.87. The summed E-state index contributed by atoms with van der Waals surface area (Å²) >= 11 is 0. The number of hydrogen-bond donors (Lipinski definition) is 4. The van der Waals surface area contributed by atoms with E-state index in [9.17, 15) is 19.8 Å². The van der Waals surface area contributed by atoms with E-state index < -0.39 is 18.2 Å². The summed E-state index contributed by atoms with van der Waals surface area (Å²) in [6, 6.07) is 4.32. The molecular formula is C14H19NO5. The first-order valence-corrected chi connectivity index (χ1v) is 6.27. The standard InChI is InChI=1S/C14H19NO5/c1-8-7-10(14(19)20)3-4-11(8)13(18)12(17)5-6-15-9(2)16/h3-4,7,12-13,17-18H,5-6H2,1-2H3,(H,15,16)(H,19,20). The van der Waals surface area contributed by atoms with Crippen LogP contribution in [0.15, 0.2) is 18.2 Å². The fraction of sp³-hybridized carbons (Fsp3) is 0.429. The van der Waals surface area contributed by atoms with Crippen molar-refractivity contribution in [2.75, 3.05) is 6.54 Å². The first-order chi connectivity index (χ1) is 9.32. The smallest absolute Gasteiger partial charge is 0.335 e. The summed E-state index contributed by atoms with van der Waals surface area (Å²) in [5, 5.41) is 31.3. The normalized spacial score (nSPS) is 13.6. The number of carboxylic acids is 1. The molecule has 0 aliphatic carbocycles. The Morgan fingerprint density at radius 2 is 1.95 bits per heavy atom. The Kier molecular flexibility index (Phi) is 5.66. The minimum atomic E-state index is -1.12. The molecule has 0 radical (unpaired) electrons. The van der Waals surface area contributed by atoms with Crippen molar-refractivity contribution in [3.05, 3.63) is 34.9 Å². The van der Waals surface area contributed by atoms with E-state index in [1.54, 1.807) is 6.92 Å². The highest BCUT2D eigenvalue weighted by Gasteiger charge is 2.20. The number of amides is 1. The van der Waals surface area contributed by atoms with Gasteiger partial charge in [0.15, 0.2) is 0 Å². The molecule has 2 unspecified atom stereocenters. The number of benzene rings is 1. The van der Waals surface area contributed by atoms with Crippen molar-refractivity contribution >= 4 is 11.9 Å². The molecule has 1 aromatic carbocycles. The summed E-state index contributed by atoms with van der Waals surface area (Å²) in [6.07, 6.45) is -1.94. The van der Waals surface area contributed by atoms with Crippen LogP contribution in [0.2, 0.25) is 0 Å². The third-order valence-electron chi connectivity index (χ3n) is 3.01. The molecule has 1 amide bonds. The minimum absolute atomic E-state index is 0.131. The van der Waals surface area contributed by atoms with Crippen LogP contribution >= 0.6 is 0 Å². The third kappa shape index (κ3) is 4.32. The first kappa shape index (κ1) is 16.1. The van der Waals surface area contributed by atoms with Crippen LogP contribution in [-0.4, -0.2) is 39.8 Å². The second-order valence-electron chi connectivity index (χ2n) is 4.66. The highest BCUT2D eigenvalue weighted by atomic mass is 16.4. The van der Waals surface area contributed by atoms with Gasteiger partial charge in [0.1, 0.15) is 6.10 Å². The van der Waals surface area contributed by atoms with E-state index in [1.807, 2.05) is 0 Å². The molecule has 0 saturated carbocycles. The van der Waals surface area contributed by atoms with Gasteiger partial charge in [-0.05, 0) is 36.6 Å². The molecule has 0 fully saturated rings. The van der Waals surface area contributed by atoms with Crippen LogP contribution in [0.5, 0.6) is 0 Å². The average molecular weight is 281 g/mol. The molecule has 0 aromatic heterocycles. The van der Waals surface area contributed by atoms with Crippen molar-refractivity contribution < 1.29 is 24.9 Å². The Morgan fingerprint density at radius 1 is 1.30 bits per heavy atom. The van der Waals surface area contributed by atoms with Gasteiger partial charge in [0.2, 0.25) is 5.91 Å². The van der Waals surface area contributed by atoms with Gasteiger partial charge < -0.3 is 20.6 Å². The fourth-order valence-corrected chi connectivity index (χ4v) is 1.90. The summed E-state index contributed by atoms with van der Waals surface area (Å²) in [5.74, 6) is -1.24. The number of rotatable bonds is 6. The number of nitrogens with one attached hydrogen (secondary N) is 1. The van der Waals surface area contributed by atoms with Gasteiger partial charge in [-0.25, -0.2) is 4.79 Å². The fourth-order valence-electron chi connectivity index (χ4n) is 1.90. The topological polar surface area (TPSA) is 107 Å². The Bertz CT molecular complexity index is 500. The zero-order valence-corrected chi connectivity index (χ0v) is 11.5. The van der Waals surface area contributed by atoms with Crippen LogP contribution in [-0.2, 0) is 4.79 Å². The molecular weight excluding hydrogens is 262 g/mol. The number of carboxylic acid groups (broad SMARTS) is 1. The van der Waals surface area contributed by atoms with E-state index in [2.05, 4.69) is 5.32 Å². The van der Waals surface area contributed by atoms with Gasteiger partial charge in [-0.2, -0.15) is 0 Å². The summed E-state index contributed by atoms with van der Waals surface area (Å²) < 4.78 is 0. The van der Waals surface area contributed by atoms with Gasteiger partial charge in [0.05, 0.1) is 11.7 Å². The molecule has 20 heavy (non-hydrogen) atoms. The summed E-state index contributed by atoms with van der Waals surface area (Å²) in [5.41, 5.74) is 1.20. The molecule has 2 atom stereocenters. The number of aliphatic hydroxyl groups is 2. The quantitative estimate of drug-likeness (QED) is 0.611. The molecule has 0 heterocycles. The number of hydrogen-bond acceptors (Lipinski definition) is 4. The number of aliphatic hydroxyl groups excluding tert-OH is 2. The molecule has 110 valence electrons. The lowest BCUT2D eigenvalue weighted by Gasteiger charge is -2.20. The van der Waals surface area contributed by atoms with Gasteiger partial charge in [-0.1, -0.05) is 6.07 Å². The minimum Gasteiger partial charge on any atom is -0.478 e. The second kappa shape index (κ2) is 7.02. The van der Waals surface area contributed by atoms with Crippen LogP contribution in [0.1, 0.15) is 40.9 Å². The molecule has 6 heteroatoms. The van der Waals surface area contributed by atoms with Crippen LogP contribution < -0.4 is 5.32 Å². The van der Waals surface area contributed by atoms with Crippen molar-refractivity contribution in [2.45, 2.75) is 32.5 Å². The zero-order chi connectivity index (χ0) is 15.3. The van der Waals surface area contributed by atoms with Crippen LogP contribution in [0.4, 0.5) is 0 Å². The molecule has 6 nitrogen and oxygen atoms in total. The van der Waals surface area contributed by atoms with E-state index >= 15 is 0 Å². The zero-order valence-electron chi connectivity index (χ0n) is 11.5. The highest BCUT2D eigenvalue weighted by Crippen LogP contribution is 2.23. The molecule has 0 spiro atoms. The van der Waals surface area contributed by atoms with Crippen LogP contribution in [0, 0.1) is 6.92 Å². The van der Waals surface area contributed by atoms with E-state index in [1.165, 1.54) is 25.1 Å². The van der Waals surface area contributed by atoms with Crippen LogP contribution in [0.25, 0.3) is 0 Å². The van der Waals surface area contributed by atoms with Gasteiger partial charge in [-0.15, -0.1) is 0 Å². The number of aryl methyl sites for hydroxylation is 1. The van der Waals surface area contributed by atoms with E-state index in [0.717, 1.165) is 0 Å². The summed E-state index contributed by atoms with van der Waals surface area (Å²) in [4.78, 5) is 21.5. The van der Waals surface area contributed by atoms with Crippen molar-refractivity contribution in [1.29, 1.82) is 0 Å². The lowest BCUT2D eigenvalue weighted by Crippen LogP contribution is -2.28. The van der Waals surface area contributed by atoms with Crippen molar-refractivity contribution in [2.24, 2.45) is 0 Å². The van der Waals surface area contributed by atoms with Crippen molar-refractivity contribution in [3.63, 3.8) is 0 Å². The van der Waals surface area contributed by atoms with E-state index in [-0.39, 0.29) is 24.4 Å². The maximum atomic E-state index is 10.8. The predicted octanol–water partition coefficient (Wildman–Crippen LogP) is 0.614. The Balaban J connectivity index is 2.73. The second-order valence-corrected chi connectivity index (χ2v) is 4.66. The lowest BCUT2D eigenvalue weighted by molar-refractivity contribution is -0.119. The molecule has 0 aliphatic rings. The Morgan fingerprint density at radius 3 is 2.45 bits per heavy atom. The molecule has 0 aliphatic heterocycles. The number of carbonyl (C=O) groups is 2. The molecule has 0 saturated heterocycles. The van der Waals surface area contributed by atoms with E-state index in [0.29, 0.717) is 11.1 Å². The maximum absolute atomic E-state index is 10.8. The van der Waals surface area contributed by atoms with Crippen molar-refractivity contribution in [3.8, 4) is 0 Å². The SMILES string of the molecule is CC(=O)NCCC(O)C(O)c1ccc(C(=O)O)cc1C. The van der Waals surface area contributed by atoms with Crippen molar-refractivity contribution in [1.82, 2.24) is 5.32 Å². The van der Waals surface area contributed by atoms with Crippen LogP contribution in [0.3, 0.4) is 0 Å². The Hall–Kier alpha value is -1.92. The molecule has 1 rings (SSSR count). The maximum Gasteiger partial charge on any atom is 0.335 e. The molecule has 0 bridgehead atoms. The monoisotopic (exact) mass is 281 g/mol. The predicted molar refractivity (Wildman–Crippen MR) is 72.4 cm³/mol. The summed E-state index contributed by atoms with van der Waals surface area (Å²) in [7, 11) is 0. The third-order valence-corrected chi connectivity index (χ3v) is 3.01. The first-order valence-electron chi connectivity index (χ1n) is 6.27. The number of aromatic carboxylic acids is 1. The Labute approximate surface area is 117 Å². The van der Waals surface area contributed by atoms with Gasteiger partial charge in [0.25, 0.3) is 0 Å². The lowest BCUT2D eigenvalue weighted by atomic mass is 9.96. The van der Waals surface area contributed by atoms with E-state index in [4.69, 9.17) is 5.11 Å². The average Bonchev–Trinajstić information content (AvgIpc) is 2.37. The van der Waals surface area contributed by atoms with Gasteiger partial charge in [0, 0.05) is 13.5 Å². The van der Waals surface area contributed by atoms with Gasteiger partial charge >= 0.3 is 5.97 Å². The number of carbonyl (C=O) groups excluding carboxylic acids is 1. The molecule has 4 N–H and O–H groups in total. The summed E-state index contributed by atoms with van der Waals surface area (Å²) in [6.45, 7) is 3.31. The largest absolute Gasteiger partial charge is 0.478 e. The van der Waals surface area contributed by atoms with Gasteiger partial charge in [-0.3, -0.25) is 4.79 Å². The molecule has 1 aromatic rings.